The number of primary amides is 1. The lowest BCUT2D eigenvalue weighted by Crippen LogP contribution is -2.59. The van der Waals surface area contributed by atoms with Gasteiger partial charge in [0.2, 0.25) is 41.4 Å². The van der Waals surface area contributed by atoms with Gasteiger partial charge in [-0.15, -0.1) is 0 Å². The van der Waals surface area contributed by atoms with Crippen molar-refractivity contribution in [1.82, 2.24) is 31.9 Å². The van der Waals surface area contributed by atoms with E-state index in [0.29, 0.717) is 12.8 Å². The van der Waals surface area contributed by atoms with Crippen LogP contribution in [0.4, 0.5) is 0 Å². The van der Waals surface area contributed by atoms with Gasteiger partial charge in [-0.25, -0.2) is 0 Å². The van der Waals surface area contributed by atoms with Crippen LogP contribution in [-0.2, 0) is 38.4 Å². The van der Waals surface area contributed by atoms with E-state index in [1.807, 2.05) is 13.8 Å². The molecule has 0 unspecified atom stereocenters. The molecule has 0 bridgehead atoms. The molecule has 0 fully saturated rings. The first-order chi connectivity index (χ1) is 19.9. The molecular formula is C26H46N8O9. The maximum absolute atomic E-state index is 13.1. The summed E-state index contributed by atoms with van der Waals surface area (Å²) >= 11 is 0. The number of aliphatic carboxylic acids is 1. The maximum atomic E-state index is 13.1. The predicted octanol–water partition coefficient (Wildman–Crippen LogP) is -3.42. The smallest absolute Gasteiger partial charge is 0.325 e. The number of nitrogens with one attached hydrogen (secondary N) is 6. The van der Waals surface area contributed by atoms with E-state index in [1.54, 1.807) is 13.8 Å². The van der Waals surface area contributed by atoms with Crippen molar-refractivity contribution in [3.8, 4) is 0 Å². The minimum atomic E-state index is -1.48. The third-order valence-electron chi connectivity index (χ3n) is 6.26. The van der Waals surface area contributed by atoms with Crippen molar-refractivity contribution in [2.24, 2.45) is 23.3 Å². The lowest BCUT2D eigenvalue weighted by Gasteiger charge is -2.27. The van der Waals surface area contributed by atoms with Crippen LogP contribution in [0.5, 0.6) is 0 Å². The van der Waals surface area contributed by atoms with Gasteiger partial charge in [-0.3, -0.25) is 38.4 Å². The Kier molecular flexibility index (Phi) is 17.1. The summed E-state index contributed by atoms with van der Waals surface area (Å²) in [6.07, 6.45) is 0.267. The predicted molar refractivity (Wildman–Crippen MR) is 153 cm³/mol. The molecule has 0 radical (unpaired) electrons. The van der Waals surface area contributed by atoms with Gasteiger partial charge in [0.25, 0.3) is 0 Å². The zero-order chi connectivity index (χ0) is 33.4. The number of carboxylic acid groups (broad SMARTS) is 1. The fraction of sp³-hybridized carbons (Fsp3) is 0.692. The third-order valence-corrected chi connectivity index (χ3v) is 6.26. The summed E-state index contributed by atoms with van der Waals surface area (Å²) in [5.41, 5.74) is 11.2. The quantitative estimate of drug-likeness (QED) is 0.0694. The van der Waals surface area contributed by atoms with Gasteiger partial charge in [-0.1, -0.05) is 34.1 Å². The average molecular weight is 615 g/mol. The molecule has 7 amide bonds. The highest BCUT2D eigenvalue weighted by Gasteiger charge is 2.32. The Bertz CT molecular complexity index is 1040. The SMILES string of the molecule is CC[C@H](C)[C@H](NC(=O)[C@@H](N)CC(C)C)C(=O)N[C@@H](CC(N)=O)C(=O)N[C@@H](C)C(=O)NCC(=O)NCC(=O)N[C@@H](C)C(=O)O. The van der Waals surface area contributed by atoms with Crippen molar-refractivity contribution >= 4 is 47.3 Å². The highest BCUT2D eigenvalue weighted by Crippen LogP contribution is 2.11. The minimum absolute atomic E-state index is 0.134. The summed E-state index contributed by atoms with van der Waals surface area (Å²) < 4.78 is 0. The van der Waals surface area contributed by atoms with Crippen LogP contribution in [0.1, 0.15) is 60.8 Å². The molecule has 0 aromatic carbocycles. The van der Waals surface area contributed by atoms with E-state index in [9.17, 15) is 38.4 Å². The molecule has 0 aliphatic heterocycles. The Balaban J connectivity index is 5.21. The molecule has 244 valence electrons. The van der Waals surface area contributed by atoms with Crippen molar-refractivity contribution in [2.75, 3.05) is 13.1 Å². The molecule has 0 aromatic rings. The van der Waals surface area contributed by atoms with E-state index < -0.39 is 97.0 Å². The van der Waals surface area contributed by atoms with Crippen LogP contribution >= 0.6 is 0 Å². The molecule has 0 aromatic heterocycles. The van der Waals surface area contributed by atoms with Gasteiger partial charge in [0.05, 0.1) is 25.6 Å². The molecule has 0 saturated carbocycles. The van der Waals surface area contributed by atoms with Crippen LogP contribution in [0.15, 0.2) is 0 Å². The summed E-state index contributed by atoms with van der Waals surface area (Å²) in [6.45, 7) is 8.72. The van der Waals surface area contributed by atoms with E-state index in [2.05, 4.69) is 31.9 Å². The number of rotatable bonds is 19. The van der Waals surface area contributed by atoms with E-state index in [-0.39, 0.29) is 11.8 Å². The molecule has 43 heavy (non-hydrogen) atoms. The Morgan fingerprint density at radius 1 is 0.698 bits per heavy atom. The van der Waals surface area contributed by atoms with Crippen LogP contribution in [0.2, 0.25) is 0 Å². The van der Waals surface area contributed by atoms with Crippen LogP contribution in [0.25, 0.3) is 0 Å². The van der Waals surface area contributed by atoms with Crippen molar-refractivity contribution < 1.29 is 43.5 Å². The zero-order valence-corrected chi connectivity index (χ0v) is 25.4. The minimum Gasteiger partial charge on any atom is -0.480 e. The fourth-order valence-electron chi connectivity index (χ4n) is 3.54. The molecule has 6 atom stereocenters. The lowest BCUT2D eigenvalue weighted by molar-refractivity contribution is -0.141. The van der Waals surface area contributed by atoms with Crippen molar-refractivity contribution in [1.29, 1.82) is 0 Å². The zero-order valence-electron chi connectivity index (χ0n) is 25.4. The number of amides is 7. The second-order valence-corrected chi connectivity index (χ2v) is 10.7. The molecule has 11 N–H and O–H groups in total. The van der Waals surface area contributed by atoms with Crippen LogP contribution < -0.4 is 43.4 Å². The summed E-state index contributed by atoms with van der Waals surface area (Å²) in [7, 11) is 0. The van der Waals surface area contributed by atoms with Crippen molar-refractivity contribution in [2.45, 2.75) is 91.0 Å². The van der Waals surface area contributed by atoms with Crippen LogP contribution in [0.3, 0.4) is 0 Å². The number of hydrogen-bond donors (Lipinski definition) is 9. The van der Waals surface area contributed by atoms with E-state index >= 15 is 0 Å². The maximum Gasteiger partial charge on any atom is 0.325 e. The Morgan fingerprint density at radius 3 is 1.79 bits per heavy atom. The summed E-state index contributed by atoms with van der Waals surface area (Å²) in [5, 5.41) is 22.7. The molecule has 0 rings (SSSR count). The number of nitrogens with two attached hydrogens (primary N) is 2. The summed E-state index contributed by atoms with van der Waals surface area (Å²) in [6, 6.07) is -5.81. The number of carbonyl (C=O) groups excluding carboxylic acids is 7. The second kappa shape index (κ2) is 19.0. The molecular weight excluding hydrogens is 568 g/mol. The van der Waals surface area contributed by atoms with E-state index in [0.717, 1.165) is 0 Å². The van der Waals surface area contributed by atoms with Crippen molar-refractivity contribution in [3.63, 3.8) is 0 Å². The van der Waals surface area contributed by atoms with Gasteiger partial charge >= 0.3 is 5.97 Å². The van der Waals surface area contributed by atoms with Gasteiger partial charge in [-0.2, -0.15) is 0 Å². The molecule has 0 aliphatic carbocycles. The fourth-order valence-corrected chi connectivity index (χ4v) is 3.54. The summed E-state index contributed by atoms with van der Waals surface area (Å²) in [4.78, 5) is 97.1. The molecule has 17 heteroatoms. The Morgan fingerprint density at radius 2 is 1.28 bits per heavy atom. The molecule has 0 heterocycles. The second-order valence-electron chi connectivity index (χ2n) is 10.7. The standard InChI is InChI=1S/C26H46N8O9/c1-7-13(4)21(34-23(39)16(27)8-12(2)3)25(41)33-17(9-18(28)35)24(40)32-14(5)22(38)30-10-19(36)29-11-20(37)31-15(6)26(42)43/h12-17,21H,7-11,27H2,1-6H3,(H2,28,35)(H,29,36)(H,30,38)(H,31,37)(H,32,40)(H,33,41)(H,34,39)(H,42,43)/t13-,14-,15-,16-,17-,21-/m0/s1. The molecule has 0 saturated heterocycles. The van der Waals surface area contributed by atoms with Gasteiger partial charge in [0, 0.05) is 0 Å². The topological polar surface area (TPSA) is 281 Å². The first kappa shape index (κ1) is 38.7. The molecule has 17 nitrogen and oxygen atoms in total. The number of carbonyl (C=O) groups is 8. The van der Waals surface area contributed by atoms with Crippen LogP contribution in [0, 0.1) is 11.8 Å². The normalized spacial score (nSPS) is 15.0. The average Bonchev–Trinajstić information content (AvgIpc) is 2.91. The number of carboxylic acids is 1. The van der Waals surface area contributed by atoms with E-state index in [4.69, 9.17) is 16.6 Å². The van der Waals surface area contributed by atoms with Gasteiger partial charge in [-0.05, 0) is 32.1 Å². The third kappa shape index (κ3) is 15.5. The number of hydrogen-bond acceptors (Lipinski definition) is 9. The molecule has 0 aliphatic rings. The Hall–Kier alpha value is -4.28. The Labute approximate surface area is 250 Å². The first-order valence-electron chi connectivity index (χ1n) is 13.9. The lowest BCUT2D eigenvalue weighted by atomic mass is 9.96. The largest absolute Gasteiger partial charge is 0.480 e. The van der Waals surface area contributed by atoms with E-state index in [1.165, 1.54) is 13.8 Å². The summed E-state index contributed by atoms with van der Waals surface area (Å²) in [5.74, 6) is -6.96. The van der Waals surface area contributed by atoms with Gasteiger partial charge in [0.15, 0.2) is 0 Å². The van der Waals surface area contributed by atoms with Gasteiger partial charge < -0.3 is 48.5 Å². The van der Waals surface area contributed by atoms with Crippen LogP contribution in [-0.4, -0.2) is 95.7 Å². The van der Waals surface area contributed by atoms with Gasteiger partial charge in [0.1, 0.15) is 24.2 Å². The highest BCUT2D eigenvalue weighted by atomic mass is 16.4. The van der Waals surface area contributed by atoms with Crippen molar-refractivity contribution in [3.05, 3.63) is 0 Å². The molecule has 0 spiro atoms. The highest BCUT2D eigenvalue weighted by molar-refractivity contribution is 5.97. The first-order valence-corrected chi connectivity index (χ1v) is 13.9. The monoisotopic (exact) mass is 614 g/mol.